The average molecular weight is 297 g/mol. The molecule has 0 atom stereocenters. The number of benzene rings is 2. The molecule has 0 aliphatic carbocycles. The third-order valence-electron chi connectivity index (χ3n) is 2.69. The van der Waals surface area contributed by atoms with Gasteiger partial charge in [-0.05, 0) is 30.3 Å². The average Bonchev–Trinajstić information content (AvgIpc) is 2.42. The van der Waals surface area contributed by atoms with Crippen molar-refractivity contribution in [1.82, 2.24) is 0 Å². The molecular formula is C14H11ClF2N2O. The highest BCUT2D eigenvalue weighted by molar-refractivity contribution is 6.31. The van der Waals surface area contributed by atoms with Gasteiger partial charge in [-0.2, -0.15) is 0 Å². The van der Waals surface area contributed by atoms with Crippen molar-refractivity contribution in [2.75, 3.05) is 17.7 Å². The van der Waals surface area contributed by atoms with Crippen molar-refractivity contribution in [3.8, 4) is 0 Å². The molecule has 0 radical (unpaired) electrons. The lowest BCUT2D eigenvalue weighted by molar-refractivity contribution is 0.102. The number of carbonyl (C=O) groups is 1. The second kappa shape index (κ2) is 5.88. The zero-order chi connectivity index (χ0) is 14.7. The molecule has 3 nitrogen and oxygen atoms in total. The van der Waals surface area contributed by atoms with E-state index in [-0.39, 0.29) is 16.3 Å². The molecule has 1 amide bonds. The number of hydrogen-bond acceptors (Lipinski definition) is 2. The van der Waals surface area contributed by atoms with Gasteiger partial charge in [0.15, 0.2) is 0 Å². The van der Waals surface area contributed by atoms with Gasteiger partial charge < -0.3 is 10.6 Å². The van der Waals surface area contributed by atoms with Crippen molar-refractivity contribution in [3.05, 3.63) is 58.6 Å². The van der Waals surface area contributed by atoms with E-state index in [0.29, 0.717) is 5.69 Å². The van der Waals surface area contributed by atoms with Crippen LogP contribution < -0.4 is 10.6 Å². The van der Waals surface area contributed by atoms with E-state index in [0.717, 1.165) is 6.07 Å². The molecule has 0 bridgehead atoms. The van der Waals surface area contributed by atoms with Crippen LogP contribution in [0.25, 0.3) is 0 Å². The van der Waals surface area contributed by atoms with Crippen LogP contribution in [0.1, 0.15) is 10.4 Å². The van der Waals surface area contributed by atoms with Gasteiger partial charge in [0.1, 0.15) is 11.6 Å². The maximum absolute atomic E-state index is 13.6. The SMILES string of the molecule is CNc1c(F)cccc1C(=O)Nc1ccc(F)c(Cl)c1. The summed E-state index contributed by atoms with van der Waals surface area (Å²) in [6, 6.07) is 7.96. The minimum absolute atomic E-state index is 0.0956. The minimum atomic E-state index is -0.577. The third-order valence-corrected chi connectivity index (χ3v) is 2.98. The summed E-state index contributed by atoms with van der Waals surface area (Å²) in [7, 11) is 1.52. The standard InChI is InChI=1S/C14H11ClF2N2O/c1-18-13-9(3-2-4-12(13)17)14(20)19-8-5-6-11(16)10(15)7-8/h2-7,18H,1H3,(H,19,20). The Morgan fingerprint density at radius 1 is 1.15 bits per heavy atom. The van der Waals surface area contributed by atoms with Crippen LogP contribution in [0.4, 0.5) is 20.2 Å². The van der Waals surface area contributed by atoms with Crippen LogP contribution >= 0.6 is 11.6 Å². The largest absolute Gasteiger partial charge is 0.385 e. The first-order chi connectivity index (χ1) is 9.52. The van der Waals surface area contributed by atoms with E-state index in [1.807, 2.05) is 0 Å². The number of halogens is 3. The van der Waals surface area contributed by atoms with Gasteiger partial charge in [-0.25, -0.2) is 8.78 Å². The zero-order valence-electron chi connectivity index (χ0n) is 10.5. The number of rotatable bonds is 3. The summed E-state index contributed by atoms with van der Waals surface area (Å²) in [6.45, 7) is 0. The number of para-hydroxylation sites is 1. The van der Waals surface area contributed by atoms with E-state index in [4.69, 9.17) is 11.6 Å². The van der Waals surface area contributed by atoms with Crippen LogP contribution in [0.5, 0.6) is 0 Å². The van der Waals surface area contributed by atoms with Gasteiger partial charge in [-0.1, -0.05) is 17.7 Å². The highest BCUT2D eigenvalue weighted by Gasteiger charge is 2.14. The Morgan fingerprint density at radius 3 is 2.55 bits per heavy atom. The van der Waals surface area contributed by atoms with Gasteiger partial charge in [0.25, 0.3) is 5.91 Å². The van der Waals surface area contributed by atoms with Gasteiger partial charge in [-0.3, -0.25) is 4.79 Å². The fraction of sp³-hybridized carbons (Fsp3) is 0.0714. The molecule has 0 unspecified atom stereocenters. The first-order valence-electron chi connectivity index (χ1n) is 5.75. The van der Waals surface area contributed by atoms with Crippen LogP contribution in [-0.2, 0) is 0 Å². The molecule has 2 N–H and O–H groups in total. The van der Waals surface area contributed by atoms with Crippen LogP contribution in [-0.4, -0.2) is 13.0 Å². The van der Waals surface area contributed by atoms with E-state index >= 15 is 0 Å². The molecule has 0 aromatic heterocycles. The summed E-state index contributed by atoms with van der Waals surface area (Å²) < 4.78 is 26.6. The summed E-state index contributed by atoms with van der Waals surface area (Å²) in [4.78, 5) is 12.1. The first kappa shape index (κ1) is 14.3. The zero-order valence-corrected chi connectivity index (χ0v) is 11.3. The van der Waals surface area contributed by atoms with Crippen molar-refractivity contribution in [1.29, 1.82) is 0 Å². The molecule has 0 aliphatic heterocycles. The minimum Gasteiger partial charge on any atom is -0.385 e. The predicted molar refractivity (Wildman–Crippen MR) is 75.3 cm³/mol. The summed E-state index contributed by atoms with van der Waals surface area (Å²) in [5.74, 6) is -1.62. The normalized spacial score (nSPS) is 10.2. The molecule has 0 fully saturated rings. The van der Waals surface area contributed by atoms with Crippen molar-refractivity contribution in [2.45, 2.75) is 0 Å². The molecular weight excluding hydrogens is 286 g/mol. The lowest BCUT2D eigenvalue weighted by Crippen LogP contribution is -2.14. The van der Waals surface area contributed by atoms with E-state index in [1.54, 1.807) is 0 Å². The van der Waals surface area contributed by atoms with E-state index < -0.39 is 17.5 Å². The molecule has 104 valence electrons. The van der Waals surface area contributed by atoms with Crippen LogP contribution in [0.2, 0.25) is 5.02 Å². The molecule has 0 aliphatic rings. The Hall–Kier alpha value is -2.14. The van der Waals surface area contributed by atoms with Crippen LogP contribution in [0.15, 0.2) is 36.4 Å². The van der Waals surface area contributed by atoms with Gasteiger partial charge in [-0.15, -0.1) is 0 Å². The maximum Gasteiger partial charge on any atom is 0.257 e. The van der Waals surface area contributed by atoms with Gasteiger partial charge in [0.2, 0.25) is 0 Å². The quantitative estimate of drug-likeness (QED) is 0.901. The molecule has 20 heavy (non-hydrogen) atoms. The molecule has 0 heterocycles. The molecule has 2 rings (SSSR count). The van der Waals surface area contributed by atoms with Gasteiger partial charge >= 0.3 is 0 Å². The Bertz CT molecular complexity index is 662. The molecule has 2 aromatic rings. The van der Waals surface area contributed by atoms with Gasteiger partial charge in [0.05, 0.1) is 16.3 Å². The van der Waals surface area contributed by atoms with Crippen LogP contribution in [0.3, 0.4) is 0 Å². The number of amides is 1. The smallest absolute Gasteiger partial charge is 0.257 e. The maximum atomic E-state index is 13.6. The molecule has 2 aromatic carbocycles. The Morgan fingerprint density at radius 2 is 1.90 bits per heavy atom. The lowest BCUT2D eigenvalue weighted by atomic mass is 10.1. The molecule has 0 saturated carbocycles. The van der Waals surface area contributed by atoms with E-state index in [2.05, 4.69) is 10.6 Å². The second-order valence-corrected chi connectivity index (χ2v) is 4.40. The van der Waals surface area contributed by atoms with Crippen molar-refractivity contribution in [3.63, 3.8) is 0 Å². The molecule has 0 saturated heterocycles. The summed E-state index contributed by atoms with van der Waals surface area (Å²) in [5.41, 5.74) is 0.568. The Labute approximate surface area is 119 Å². The first-order valence-corrected chi connectivity index (χ1v) is 6.13. The Kier molecular flexibility index (Phi) is 4.20. The van der Waals surface area contributed by atoms with Gasteiger partial charge in [0, 0.05) is 12.7 Å². The van der Waals surface area contributed by atoms with Crippen molar-refractivity contribution < 1.29 is 13.6 Å². The number of hydrogen-bond donors (Lipinski definition) is 2. The summed E-state index contributed by atoms with van der Waals surface area (Å²) in [6.07, 6.45) is 0. The topological polar surface area (TPSA) is 41.1 Å². The number of anilines is 2. The number of nitrogens with one attached hydrogen (secondary N) is 2. The predicted octanol–water partition coefficient (Wildman–Crippen LogP) is 3.91. The third kappa shape index (κ3) is 2.88. The second-order valence-electron chi connectivity index (χ2n) is 4.00. The fourth-order valence-electron chi connectivity index (χ4n) is 1.74. The summed E-state index contributed by atoms with van der Waals surface area (Å²) in [5, 5.41) is 5.06. The number of carbonyl (C=O) groups excluding carboxylic acids is 1. The fourth-order valence-corrected chi connectivity index (χ4v) is 1.92. The van der Waals surface area contributed by atoms with E-state index in [1.165, 1.54) is 37.4 Å². The summed E-state index contributed by atoms with van der Waals surface area (Å²) >= 11 is 5.63. The highest BCUT2D eigenvalue weighted by Crippen LogP contribution is 2.23. The van der Waals surface area contributed by atoms with Crippen LogP contribution in [0, 0.1) is 11.6 Å². The Balaban J connectivity index is 2.28. The molecule has 6 heteroatoms. The highest BCUT2D eigenvalue weighted by atomic mass is 35.5. The lowest BCUT2D eigenvalue weighted by Gasteiger charge is -2.11. The van der Waals surface area contributed by atoms with Crippen molar-refractivity contribution in [2.24, 2.45) is 0 Å². The monoisotopic (exact) mass is 296 g/mol. The van der Waals surface area contributed by atoms with E-state index in [9.17, 15) is 13.6 Å². The molecule has 0 spiro atoms. The van der Waals surface area contributed by atoms with Crippen molar-refractivity contribution >= 4 is 28.9 Å².